The van der Waals surface area contributed by atoms with Gasteiger partial charge >= 0.3 is 0 Å². The lowest BCUT2D eigenvalue weighted by atomic mass is 10.2. The number of rotatable bonds is 2. The van der Waals surface area contributed by atoms with Gasteiger partial charge in [-0.3, -0.25) is 14.5 Å². The Hall–Kier alpha value is -0.680. The largest absolute Gasteiger partial charge is 0.278 e. The van der Waals surface area contributed by atoms with E-state index >= 15 is 0 Å². The quantitative estimate of drug-likeness (QED) is 0.772. The molecular formula is C11H9Br2NO2. The first-order chi connectivity index (χ1) is 7.58. The van der Waals surface area contributed by atoms with E-state index in [0.717, 1.165) is 14.5 Å². The predicted molar refractivity (Wildman–Crippen MR) is 66.6 cm³/mol. The zero-order chi connectivity index (χ0) is 11.7. The predicted octanol–water partition coefficient (Wildman–Crippen LogP) is 2.86. The Balaban J connectivity index is 2.17. The molecule has 0 unspecified atom stereocenters. The van der Waals surface area contributed by atoms with Crippen molar-refractivity contribution >= 4 is 43.7 Å². The standard InChI is InChI=1S/C11H9Br2NO2/c12-8-2-1-7(5-9(8)13)6-14-10(15)3-4-11(14)16/h1-2,5H,3-4,6H2. The lowest BCUT2D eigenvalue weighted by Crippen LogP contribution is -2.28. The number of amides is 2. The smallest absolute Gasteiger partial charge is 0.229 e. The van der Waals surface area contributed by atoms with Crippen LogP contribution < -0.4 is 0 Å². The zero-order valence-electron chi connectivity index (χ0n) is 8.37. The summed E-state index contributed by atoms with van der Waals surface area (Å²) >= 11 is 6.76. The average Bonchev–Trinajstić information content (AvgIpc) is 2.55. The molecule has 1 aliphatic rings. The molecule has 84 valence electrons. The molecule has 0 bridgehead atoms. The molecule has 3 nitrogen and oxygen atoms in total. The first-order valence-corrected chi connectivity index (χ1v) is 6.43. The van der Waals surface area contributed by atoms with Gasteiger partial charge in [0, 0.05) is 21.8 Å². The summed E-state index contributed by atoms with van der Waals surface area (Å²) in [5.41, 5.74) is 0.943. The van der Waals surface area contributed by atoms with E-state index in [1.165, 1.54) is 4.90 Å². The summed E-state index contributed by atoms with van der Waals surface area (Å²) in [6.45, 7) is 0.365. The number of hydrogen-bond acceptors (Lipinski definition) is 2. The van der Waals surface area contributed by atoms with E-state index in [1.54, 1.807) is 0 Å². The molecule has 2 amide bonds. The molecule has 1 aliphatic heterocycles. The van der Waals surface area contributed by atoms with Crippen LogP contribution in [0.15, 0.2) is 27.1 Å². The van der Waals surface area contributed by atoms with Crippen LogP contribution >= 0.6 is 31.9 Å². The first kappa shape index (κ1) is 11.8. The van der Waals surface area contributed by atoms with Crippen molar-refractivity contribution in [2.75, 3.05) is 0 Å². The minimum Gasteiger partial charge on any atom is -0.278 e. The third kappa shape index (κ3) is 2.35. The van der Waals surface area contributed by atoms with Crippen molar-refractivity contribution in [3.05, 3.63) is 32.7 Å². The summed E-state index contributed by atoms with van der Waals surface area (Å²) in [7, 11) is 0. The molecule has 0 saturated carbocycles. The van der Waals surface area contributed by atoms with Crippen LogP contribution in [0.2, 0.25) is 0 Å². The number of hydrogen-bond donors (Lipinski definition) is 0. The van der Waals surface area contributed by atoms with Gasteiger partial charge in [-0.1, -0.05) is 6.07 Å². The SMILES string of the molecule is O=C1CCC(=O)N1Cc1ccc(Br)c(Br)c1. The second-order valence-corrected chi connectivity index (χ2v) is 5.33. The maximum atomic E-state index is 11.4. The van der Waals surface area contributed by atoms with Gasteiger partial charge < -0.3 is 0 Å². The van der Waals surface area contributed by atoms with Crippen molar-refractivity contribution in [3.8, 4) is 0 Å². The third-order valence-corrected chi connectivity index (χ3v) is 4.36. The highest BCUT2D eigenvalue weighted by Crippen LogP contribution is 2.25. The molecule has 0 spiro atoms. The molecule has 0 aliphatic carbocycles. The van der Waals surface area contributed by atoms with Crippen LogP contribution in [0.4, 0.5) is 0 Å². The number of benzene rings is 1. The highest BCUT2D eigenvalue weighted by atomic mass is 79.9. The summed E-state index contributed by atoms with van der Waals surface area (Å²) in [5, 5.41) is 0. The highest BCUT2D eigenvalue weighted by Gasteiger charge is 2.28. The van der Waals surface area contributed by atoms with E-state index < -0.39 is 0 Å². The molecule has 1 heterocycles. The molecule has 0 radical (unpaired) electrons. The van der Waals surface area contributed by atoms with E-state index in [-0.39, 0.29) is 11.8 Å². The van der Waals surface area contributed by atoms with Crippen molar-refractivity contribution in [3.63, 3.8) is 0 Å². The molecule has 0 aromatic heterocycles. The van der Waals surface area contributed by atoms with Gasteiger partial charge in [-0.05, 0) is 49.6 Å². The summed E-state index contributed by atoms with van der Waals surface area (Å²) in [4.78, 5) is 24.2. The summed E-state index contributed by atoms with van der Waals surface area (Å²) in [6.07, 6.45) is 0.688. The monoisotopic (exact) mass is 345 g/mol. The van der Waals surface area contributed by atoms with E-state index in [4.69, 9.17) is 0 Å². The van der Waals surface area contributed by atoms with Crippen molar-refractivity contribution in [1.29, 1.82) is 0 Å². The Morgan fingerprint density at radius 2 is 1.69 bits per heavy atom. The Bertz CT molecular complexity index is 443. The Morgan fingerprint density at radius 1 is 1.06 bits per heavy atom. The molecule has 0 atom stereocenters. The van der Waals surface area contributed by atoms with E-state index in [2.05, 4.69) is 31.9 Å². The number of nitrogens with zero attached hydrogens (tertiary/aromatic N) is 1. The van der Waals surface area contributed by atoms with Gasteiger partial charge in [0.05, 0.1) is 6.54 Å². The molecule has 0 N–H and O–H groups in total. The van der Waals surface area contributed by atoms with Gasteiger partial charge in [-0.2, -0.15) is 0 Å². The van der Waals surface area contributed by atoms with Gasteiger partial charge in [0.2, 0.25) is 11.8 Å². The van der Waals surface area contributed by atoms with Crippen LogP contribution in [-0.4, -0.2) is 16.7 Å². The molecule has 1 fully saturated rings. The fourth-order valence-corrected chi connectivity index (χ4v) is 2.29. The fourth-order valence-electron chi connectivity index (χ4n) is 1.62. The number of halogens is 2. The Morgan fingerprint density at radius 3 is 2.25 bits per heavy atom. The van der Waals surface area contributed by atoms with Crippen molar-refractivity contribution in [1.82, 2.24) is 4.90 Å². The Labute approximate surface area is 110 Å². The van der Waals surface area contributed by atoms with Gasteiger partial charge in [0.1, 0.15) is 0 Å². The minimum absolute atomic E-state index is 0.0796. The van der Waals surface area contributed by atoms with Crippen LogP contribution in [0.5, 0.6) is 0 Å². The Kier molecular flexibility index (Phi) is 3.44. The molecule has 1 aromatic rings. The fraction of sp³-hybridized carbons (Fsp3) is 0.273. The molecular weight excluding hydrogens is 338 g/mol. The van der Waals surface area contributed by atoms with Crippen molar-refractivity contribution < 1.29 is 9.59 Å². The van der Waals surface area contributed by atoms with Crippen LogP contribution in [0, 0.1) is 0 Å². The number of imide groups is 1. The molecule has 1 aromatic carbocycles. The molecule has 5 heteroatoms. The number of likely N-dealkylation sites (tertiary alicyclic amines) is 1. The summed E-state index contributed by atoms with van der Waals surface area (Å²) in [5.74, 6) is -0.159. The van der Waals surface area contributed by atoms with Gasteiger partial charge in [0.25, 0.3) is 0 Å². The lowest BCUT2D eigenvalue weighted by molar-refractivity contribution is -0.139. The van der Waals surface area contributed by atoms with E-state index in [0.29, 0.717) is 19.4 Å². The molecule has 2 rings (SSSR count). The maximum Gasteiger partial charge on any atom is 0.229 e. The number of carbonyl (C=O) groups excluding carboxylic acids is 2. The van der Waals surface area contributed by atoms with Gasteiger partial charge in [0.15, 0.2) is 0 Å². The molecule has 1 saturated heterocycles. The topological polar surface area (TPSA) is 37.4 Å². The van der Waals surface area contributed by atoms with E-state index in [1.807, 2.05) is 18.2 Å². The van der Waals surface area contributed by atoms with E-state index in [9.17, 15) is 9.59 Å². The first-order valence-electron chi connectivity index (χ1n) is 4.85. The minimum atomic E-state index is -0.0796. The van der Waals surface area contributed by atoms with Crippen LogP contribution in [-0.2, 0) is 16.1 Å². The third-order valence-electron chi connectivity index (χ3n) is 2.48. The van der Waals surface area contributed by atoms with Crippen molar-refractivity contribution in [2.45, 2.75) is 19.4 Å². The zero-order valence-corrected chi connectivity index (χ0v) is 11.5. The molecule has 16 heavy (non-hydrogen) atoms. The van der Waals surface area contributed by atoms with Gasteiger partial charge in [-0.15, -0.1) is 0 Å². The maximum absolute atomic E-state index is 11.4. The van der Waals surface area contributed by atoms with Crippen LogP contribution in [0.1, 0.15) is 18.4 Å². The highest BCUT2D eigenvalue weighted by molar-refractivity contribution is 9.13. The average molecular weight is 347 g/mol. The van der Waals surface area contributed by atoms with Gasteiger partial charge in [-0.25, -0.2) is 0 Å². The van der Waals surface area contributed by atoms with Crippen LogP contribution in [0.25, 0.3) is 0 Å². The normalized spacial score (nSPS) is 16.0. The summed E-state index contributed by atoms with van der Waals surface area (Å²) < 4.78 is 1.87. The lowest BCUT2D eigenvalue weighted by Gasteiger charge is -2.14. The van der Waals surface area contributed by atoms with Crippen molar-refractivity contribution in [2.24, 2.45) is 0 Å². The second-order valence-electron chi connectivity index (χ2n) is 3.62. The second kappa shape index (κ2) is 4.67. The number of carbonyl (C=O) groups is 2. The van der Waals surface area contributed by atoms with Crippen LogP contribution in [0.3, 0.4) is 0 Å². The summed E-state index contributed by atoms with van der Waals surface area (Å²) in [6, 6.07) is 5.70.